The van der Waals surface area contributed by atoms with E-state index in [0.29, 0.717) is 11.7 Å². The molecule has 1 atom stereocenters. The summed E-state index contributed by atoms with van der Waals surface area (Å²) >= 11 is 1.38. The second-order valence-corrected chi connectivity index (χ2v) is 7.44. The summed E-state index contributed by atoms with van der Waals surface area (Å²) in [7, 11) is 1.63. The van der Waals surface area contributed by atoms with Crippen LogP contribution in [-0.2, 0) is 4.79 Å². The van der Waals surface area contributed by atoms with E-state index in [1.807, 2.05) is 66.6 Å². The van der Waals surface area contributed by atoms with Crippen LogP contribution in [0.25, 0.3) is 5.69 Å². The lowest BCUT2D eigenvalue weighted by Crippen LogP contribution is -2.34. The van der Waals surface area contributed by atoms with Gasteiger partial charge in [0, 0.05) is 25.0 Å². The van der Waals surface area contributed by atoms with Crippen LogP contribution in [0.5, 0.6) is 5.75 Å². The van der Waals surface area contributed by atoms with Gasteiger partial charge in [0.15, 0.2) is 5.16 Å². The van der Waals surface area contributed by atoms with Crippen LogP contribution in [0.15, 0.2) is 53.9 Å². The molecule has 0 aliphatic carbocycles. The highest BCUT2D eigenvalue weighted by atomic mass is 32.2. The minimum Gasteiger partial charge on any atom is -0.497 e. The highest BCUT2D eigenvalue weighted by Crippen LogP contribution is 2.26. The first-order chi connectivity index (χ1) is 14.0. The Morgan fingerprint density at radius 1 is 1.28 bits per heavy atom. The first kappa shape index (κ1) is 20.9. The molecule has 1 amide bonds. The molecular weight excluding hydrogens is 386 g/mol. The van der Waals surface area contributed by atoms with Gasteiger partial charge >= 0.3 is 0 Å². The van der Waals surface area contributed by atoms with E-state index in [-0.39, 0.29) is 17.7 Å². The zero-order valence-electron chi connectivity index (χ0n) is 17.1. The fraction of sp³-hybridized carbons (Fsp3) is 0.333. The average Bonchev–Trinajstić information content (AvgIpc) is 3.13. The largest absolute Gasteiger partial charge is 0.497 e. The number of nitrogens with zero attached hydrogens (tertiary/aromatic N) is 5. The maximum absolute atomic E-state index is 12.9. The van der Waals surface area contributed by atoms with Gasteiger partial charge in [0.05, 0.1) is 24.6 Å². The molecule has 152 valence electrons. The standard InChI is InChI=1S/C21H25N5O2S/c1-5-25(15(2)17-8-7-11-22-13-17)20(27)14-29-21-24-23-16(3)26(21)18-9-6-10-19(12-18)28-4/h6-13,15H,5,14H2,1-4H3. The minimum atomic E-state index is -0.0419. The van der Waals surface area contributed by atoms with Gasteiger partial charge < -0.3 is 9.64 Å². The van der Waals surface area contributed by atoms with E-state index in [0.717, 1.165) is 22.8 Å². The molecule has 0 bridgehead atoms. The van der Waals surface area contributed by atoms with Crippen LogP contribution in [0.4, 0.5) is 0 Å². The molecule has 7 nitrogen and oxygen atoms in total. The number of aryl methyl sites for hydroxylation is 1. The summed E-state index contributed by atoms with van der Waals surface area (Å²) in [5, 5.41) is 9.13. The van der Waals surface area contributed by atoms with Gasteiger partial charge in [0.1, 0.15) is 11.6 Å². The maximum Gasteiger partial charge on any atom is 0.233 e. The van der Waals surface area contributed by atoms with E-state index in [2.05, 4.69) is 15.2 Å². The molecule has 0 saturated heterocycles. The zero-order chi connectivity index (χ0) is 20.8. The summed E-state index contributed by atoms with van der Waals surface area (Å²) in [4.78, 5) is 18.9. The van der Waals surface area contributed by atoms with Gasteiger partial charge in [-0.1, -0.05) is 23.9 Å². The SMILES string of the molecule is CCN(C(=O)CSc1nnc(C)n1-c1cccc(OC)c1)C(C)c1cccnc1. The van der Waals surface area contributed by atoms with Crippen molar-refractivity contribution < 1.29 is 9.53 Å². The Kier molecular flexibility index (Phi) is 6.87. The van der Waals surface area contributed by atoms with E-state index in [4.69, 9.17) is 4.74 Å². The van der Waals surface area contributed by atoms with E-state index < -0.39 is 0 Å². The van der Waals surface area contributed by atoms with Crippen molar-refractivity contribution >= 4 is 17.7 Å². The maximum atomic E-state index is 12.9. The Bertz CT molecular complexity index is 961. The molecule has 3 rings (SSSR count). The van der Waals surface area contributed by atoms with Crippen LogP contribution in [-0.4, -0.2) is 50.0 Å². The number of amides is 1. The van der Waals surface area contributed by atoms with Crippen LogP contribution in [0.2, 0.25) is 0 Å². The van der Waals surface area contributed by atoms with Crippen molar-refractivity contribution in [3.05, 3.63) is 60.2 Å². The fourth-order valence-electron chi connectivity index (χ4n) is 3.16. The summed E-state index contributed by atoms with van der Waals surface area (Å²) in [5.41, 5.74) is 1.92. The van der Waals surface area contributed by atoms with Gasteiger partial charge in [-0.05, 0) is 44.5 Å². The van der Waals surface area contributed by atoms with Crippen molar-refractivity contribution in [2.75, 3.05) is 19.4 Å². The topological polar surface area (TPSA) is 73.1 Å². The lowest BCUT2D eigenvalue weighted by molar-refractivity contribution is -0.130. The molecule has 1 unspecified atom stereocenters. The number of thioether (sulfide) groups is 1. The number of methoxy groups -OCH3 is 1. The Labute approximate surface area is 175 Å². The van der Waals surface area contributed by atoms with E-state index in [9.17, 15) is 4.79 Å². The van der Waals surface area contributed by atoms with Crippen LogP contribution < -0.4 is 4.74 Å². The van der Waals surface area contributed by atoms with Gasteiger partial charge in [0.25, 0.3) is 0 Å². The van der Waals surface area contributed by atoms with Gasteiger partial charge in [-0.25, -0.2) is 0 Å². The average molecular weight is 412 g/mol. The Morgan fingerprint density at radius 2 is 2.10 bits per heavy atom. The zero-order valence-corrected chi connectivity index (χ0v) is 17.9. The number of rotatable bonds is 8. The lowest BCUT2D eigenvalue weighted by atomic mass is 10.1. The third kappa shape index (κ3) is 4.76. The number of hydrogen-bond donors (Lipinski definition) is 0. The van der Waals surface area contributed by atoms with Gasteiger partial charge in [-0.15, -0.1) is 10.2 Å². The third-order valence-electron chi connectivity index (χ3n) is 4.73. The molecule has 8 heteroatoms. The first-order valence-corrected chi connectivity index (χ1v) is 10.4. The number of benzene rings is 1. The molecular formula is C21H25N5O2S. The molecule has 0 saturated carbocycles. The second kappa shape index (κ2) is 9.56. The number of ether oxygens (including phenoxy) is 1. The summed E-state index contributed by atoms with van der Waals surface area (Å²) in [5.74, 6) is 1.83. The summed E-state index contributed by atoms with van der Waals surface area (Å²) < 4.78 is 7.25. The van der Waals surface area contributed by atoms with Gasteiger partial charge in [-0.3, -0.25) is 14.3 Å². The molecule has 0 N–H and O–H groups in total. The summed E-state index contributed by atoms with van der Waals surface area (Å²) in [6.45, 7) is 6.52. The molecule has 0 fully saturated rings. The summed E-state index contributed by atoms with van der Waals surface area (Å²) in [6, 6.07) is 11.5. The molecule has 0 spiro atoms. The van der Waals surface area contributed by atoms with Crippen LogP contribution >= 0.6 is 11.8 Å². The van der Waals surface area contributed by atoms with E-state index in [1.54, 1.807) is 19.5 Å². The van der Waals surface area contributed by atoms with Gasteiger partial charge in [0.2, 0.25) is 5.91 Å². The van der Waals surface area contributed by atoms with Crippen LogP contribution in [0.1, 0.15) is 31.3 Å². The highest BCUT2D eigenvalue weighted by Gasteiger charge is 2.21. The molecule has 1 aromatic carbocycles. The molecule has 0 radical (unpaired) electrons. The number of aromatic nitrogens is 4. The number of hydrogen-bond acceptors (Lipinski definition) is 6. The molecule has 3 aromatic rings. The number of pyridine rings is 1. The Hall–Kier alpha value is -2.87. The molecule has 0 aliphatic heterocycles. The predicted molar refractivity (Wildman–Crippen MR) is 113 cm³/mol. The fourth-order valence-corrected chi connectivity index (χ4v) is 4.05. The monoisotopic (exact) mass is 411 g/mol. The van der Waals surface area contributed by atoms with Crippen molar-refractivity contribution in [2.45, 2.75) is 32.0 Å². The molecule has 29 heavy (non-hydrogen) atoms. The van der Waals surface area contributed by atoms with Crippen molar-refractivity contribution in [1.29, 1.82) is 0 Å². The lowest BCUT2D eigenvalue weighted by Gasteiger charge is -2.28. The Balaban J connectivity index is 1.75. The molecule has 2 aromatic heterocycles. The van der Waals surface area contributed by atoms with Crippen molar-refractivity contribution in [2.24, 2.45) is 0 Å². The number of carbonyl (C=O) groups is 1. The van der Waals surface area contributed by atoms with Crippen LogP contribution in [0, 0.1) is 6.92 Å². The normalized spacial score (nSPS) is 11.9. The van der Waals surface area contributed by atoms with E-state index >= 15 is 0 Å². The predicted octanol–water partition coefficient (Wildman–Crippen LogP) is 3.68. The second-order valence-electron chi connectivity index (χ2n) is 6.50. The molecule has 0 aliphatic rings. The smallest absolute Gasteiger partial charge is 0.233 e. The van der Waals surface area contributed by atoms with Crippen molar-refractivity contribution in [3.63, 3.8) is 0 Å². The Morgan fingerprint density at radius 3 is 2.79 bits per heavy atom. The quantitative estimate of drug-likeness (QED) is 0.527. The van der Waals surface area contributed by atoms with Crippen molar-refractivity contribution in [1.82, 2.24) is 24.6 Å². The third-order valence-corrected chi connectivity index (χ3v) is 5.64. The van der Waals surface area contributed by atoms with E-state index in [1.165, 1.54) is 11.8 Å². The minimum absolute atomic E-state index is 0.0419. The molecule has 2 heterocycles. The van der Waals surface area contributed by atoms with Crippen molar-refractivity contribution in [3.8, 4) is 11.4 Å². The first-order valence-electron chi connectivity index (χ1n) is 9.43. The summed E-state index contributed by atoms with van der Waals surface area (Å²) in [6.07, 6.45) is 3.54. The van der Waals surface area contributed by atoms with Crippen LogP contribution in [0.3, 0.4) is 0 Å². The van der Waals surface area contributed by atoms with Gasteiger partial charge in [-0.2, -0.15) is 0 Å². The highest BCUT2D eigenvalue weighted by molar-refractivity contribution is 7.99. The number of carbonyl (C=O) groups excluding carboxylic acids is 1.